The van der Waals surface area contributed by atoms with Crippen molar-refractivity contribution in [2.45, 2.75) is 13.0 Å². The van der Waals surface area contributed by atoms with Crippen molar-refractivity contribution >= 4 is 17.2 Å². The van der Waals surface area contributed by atoms with Gasteiger partial charge >= 0.3 is 0 Å². The van der Waals surface area contributed by atoms with Crippen LogP contribution in [0.25, 0.3) is 10.6 Å². The van der Waals surface area contributed by atoms with Gasteiger partial charge in [-0.3, -0.25) is 9.48 Å². The second-order valence-corrected chi connectivity index (χ2v) is 6.79. The maximum atomic E-state index is 12.2. The third-order valence-electron chi connectivity index (χ3n) is 3.62. The summed E-state index contributed by atoms with van der Waals surface area (Å²) in [5.41, 5.74) is 2.27. The molecule has 3 aromatic rings. The summed E-state index contributed by atoms with van der Waals surface area (Å²) in [5.74, 6) is 0.363. The lowest BCUT2D eigenvalue weighted by atomic mass is 10.2. The quantitative estimate of drug-likeness (QED) is 0.662. The minimum absolute atomic E-state index is 0.0877. The first-order chi connectivity index (χ1) is 12.5. The van der Waals surface area contributed by atoms with Gasteiger partial charge in [-0.15, -0.1) is 11.3 Å². The average Bonchev–Trinajstić information content (AvgIpc) is 3.27. The van der Waals surface area contributed by atoms with Gasteiger partial charge in [0.15, 0.2) is 0 Å². The number of rotatable bonds is 7. The van der Waals surface area contributed by atoms with E-state index in [4.69, 9.17) is 4.74 Å². The van der Waals surface area contributed by atoms with Gasteiger partial charge in [0.1, 0.15) is 29.2 Å². The molecule has 3 rings (SSSR count). The molecule has 2 N–H and O–H groups in total. The molecule has 0 saturated heterocycles. The van der Waals surface area contributed by atoms with Crippen molar-refractivity contribution in [3.05, 3.63) is 53.3 Å². The van der Waals surface area contributed by atoms with Gasteiger partial charge in [-0.05, 0) is 24.6 Å². The lowest BCUT2D eigenvalue weighted by molar-refractivity contribution is 0.0840. The normalized spacial score (nSPS) is 12.0. The smallest absolute Gasteiger partial charge is 0.270 e. The number of nitrogens with one attached hydrogen (secondary N) is 1. The number of thiazole rings is 1. The van der Waals surface area contributed by atoms with Crippen LogP contribution >= 0.6 is 11.3 Å². The van der Waals surface area contributed by atoms with E-state index in [-0.39, 0.29) is 19.1 Å². The zero-order chi connectivity index (χ0) is 18.5. The highest BCUT2D eigenvalue weighted by Gasteiger charge is 2.14. The number of amides is 1. The predicted molar refractivity (Wildman–Crippen MR) is 99.3 cm³/mol. The molecule has 1 amide bonds. The molecule has 8 heteroatoms. The molecule has 0 saturated carbocycles. The molecule has 0 aliphatic carbocycles. The number of aliphatic hydroxyl groups is 1. The van der Waals surface area contributed by atoms with Gasteiger partial charge in [-0.2, -0.15) is 5.10 Å². The van der Waals surface area contributed by atoms with Crippen LogP contribution in [0.2, 0.25) is 0 Å². The van der Waals surface area contributed by atoms with Crippen LogP contribution in [-0.2, 0) is 7.05 Å². The Morgan fingerprint density at radius 3 is 3.04 bits per heavy atom. The summed E-state index contributed by atoms with van der Waals surface area (Å²) < 4.78 is 7.21. The fraction of sp³-hybridized carbons (Fsp3) is 0.278. The predicted octanol–water partition coefficient (Wildman–Crippen LogP) is 2.02. The molecule has 0 spiro atoms. The van der Waals surface area contributed by atoms with Crippen LogP contribution in [0.4, 0.5) is 0 Å². The molecule has 0 bridgehead atoms. The van der Waals surface area contributed by atoms with Crippen molar-refractivity contribution in [2.24, 2.45) is 7.05 Å². The van der Waals surface area contributed by atoms with E-state index >= 15 is 0 Å². The van der Waals surface area contributed by atoms with Crippen molar-refractivity contribution in [3.63, 3.8) is 0 Å². The topological polar surface area (TPSA) is 89.3 Å². The zero-order valence-electron chi connectivity index (χ0n) is 14.5. The number of hydrogen-bond donors (Lipinski definition) is 2. The molecule has 7 nitrogen and oxygen atoms in total. The van der Waals surface area contributed by atoms with Gasteiger partial charge in [0.25, 0.3) is 5.91 Å². The molecule has 136 valence electrons. The summed E-state index contributed by atoms with van der Waals surface area (Å²) in [6.07, 6.45) is 2.73. The lowest BCUT2D eigenvalue weighted by Gasteiger charge is -2.13. The molecule has 26 heavy (non-hydrogen) atoms. The first-order valence-corrected chi connectivity index (χ1v) is 8.99. The van der Waals surface area contributed by atoms with E-state index in [1.807, 2.05) is 44.4 Å². The number of aliphatic hydroxyl groups excluding tert-OH is 1. The number of carbonyl (C=O) groups is 1. The average molecular weight is 372 g/mol. The van der Waals surface area contributed by atoms with E-state index in [0.717, 1.165) is 16.1 Å². The Balaban J connectivity index is 1.48. The first kappa shape index (κ1) is 18.1. The van der Waals surface area contributed by atoms with Crippen LogP contribution in [0.5, 0.6) is 5.75 Å². The van der Waals surface area contributed by atoms with Crippen LogP contribution in [0.1, 0.15) is 16.1 Å². The molecule has 1 unspecified atom stereocenters. The maximum Gasteiger partial charge on any atom is 0.270 e. The number of aromatic nitrogens is 3. The fourth-order valence-corrected chi connectivity index (χ4v) is 3.08. The van der Waals surface area contributed by atoms with Crippen LogP contribution in [0.15, 0.2) is 42.0 Å². The minimum atomic E-state index is -0.809. The molecule has 2 heterocycles. The Morgan fingerprint density at radius 2 is 2.31 bits per heavy atom. The number of ether oxygens (including phenoxy) is 1. The van der Waals surface area contributed by atoms with Gasteiger partial charge in [-0.25, -0.2) is 4.98 Å². The second kappa shape index (κ2) is 8.11. The summed E-state index contributed by atoms with van der Waals surface area (Å²) in [5, 5.41) is 19.2. The van der Waals surface area contributed by atoms with Crippen LogP contribution in [-0.4, -0.2) is 45.0 Å². The van der Waals surface area contributed by atoms with E-state index in [0.29, 0.717) is 11.4 Å². The van der Waals surface area contributed by atoms with Crippen molar-refractivity contribution in [3.8, 4) is 16.3 Å². The van der Waals surface area contributed by atoms with Crippen LogP contribution in [0, 0.1) is 6.92 Å². The van der Waals surface area contributed by atoms with Gasteiger partial charge in [0, 0.05) is 30.7 Å². The summed E-state index contributed by atoms with van der Waals surface area (Å²) >= 11 is 1.37. The second-order valence-electron chi connectivity index (χ2n) is 5.93. The Hall–Kier alpha value is -2.71. The third-order valence-corrected chi connectivity index (χ3v) is 4.51. The Kier molecular flexibility index (Phi) is 5.65. The van der Waals surface area contributed by atoms with Gasteiger partial charge in [-0.1, -0.05) is 12.1 Å². The van der Waals surface area contributed by atoms with E-state index in [1.165, 1.54) is 11.3 Å². The van der Waals surface area contributed by atoms with E-state index < -0.39 is 6.10 Å². The minimum Gasteiger partial charge on any atom is -0.491 e. The van der Waals surface area contributed by atoms with Crippen molar-refractivity contribution in [1.29, 1.82) is 0 Å². The van der Waals surface area contributed by atoms with Crippen molar-refractivity contribution < 1.29 is 14.6 Å². The molecule has 0 radical (unpaired) electrons. The van der Waals surface area contributed by atoms with E-state index in [2.05, 4.69) is 15.4 Å². The third kappa shape index (κ3) is 4.68. The standard InChI is InChI=1S/C18H20N4O3S/c1-12-4-3-5-15(6-12)25-10-14(23)8-19-17(24)16-11-26-18(21-16)13-7-20-22(2)9-13/h3-7,9,11,14,23H,8,10H2,1-2H3,(H,19,24). The number of aryl methyl sites for hydroxylation is 2. The summed E-state index contributed by atoms with van der Waals surface area (Å²) in [7, 11) is 1.82. The largest absolute Gasteiger partial charge is 0.491 e. The molecular formula is C18H20N4O3S. The fourth-order valence-electron chi connectivity index (χ4n) is 2.30. The Morgan fingerprint density at radius 1 is 1.46 bits per heavy atom. The highest BCUT2D eigenvalue weighted by atomic mass is 32.1. The molecule has 0 aliphatic heterocycles. The van der Waals surface area contributed by atoms with Gasteiger partial charge in [0.2, 0.25) is 0 Å². The number of benzene rings is 1. The maximum absolute atomic E-state index is 12.2. The summed E-state index contributed by atoms with van der Waals surface area (Å²) in [6, 6.07) is 7.58. The number of nitrogens with zero attached hydrogens (tertiary/aromatic N) is 3. The monoisotopic (exact) mass is 372 g/mol. The zero-order valence-corrected chi connectivity index (χ0v) is 15.4. The first-order valence-electron chi connectivity index (χ1n) is 8.11. The molecule has 0 aliphatic rings. The Labute approximate surface area is 155 Å². The number of carbonyl (C=O) groups excluding carboxylic acids is 1. The highest BCUT2D eigenvalue weighted by molar-refractivity contribution is 7.13. The van der Waals surface area contributed by atoms with Gasteiger partial charge < -0.3 is 15.2 Å². The Bertz CT molecular complexity index is 890. The molecule has 1 aromatic carbocycles. The van der Waals surface area contributed by atoms with Gasteiger partial charge in [0.05, 0.1) is 6.20 Å². The molecule has 1 atom stereocenters. The molecule has 0 fully saturated rings. The van der Waals surface area contributed by atoms with Crippen LogP contribution < -0.4 is 10.1 Å². The van der Waals surface area contributed by atoms with E-state index in [1.54, 1.807) is 16.3 Å². The van der Waals surface area contributed by atoms with Crippen molar-refractivity contribution in [2.75, 3.05) is 13.2 Å². The molecule has 2 aromatic heterocycles. The summed E-state index contributed by atoms with van der Waals surface area (Å²) in [4.78, 5) is 16.5. The van der Waals surface area contributed by atoms with E-state index in [9.17, 15) is 9.90 Å². The lowest BCUT2D eigenvalue weighted by Crippen LogP contribution is -2.35. The van der Waals surface area contributed by atoms with Crippen LogP contribution in [0.3, 0.4) is 0 Å². The van der Waals surface area contributed by atoms with Crippen molar-refractivity contribution in [1.82, 2.24) is 20.1 Å². The SMILES string of the molecule is Cc1cccc(OCC(O)CNC(=O)c2csc(-c3cnn(C)c3)n2)c1. The highest BCUT2D eigenvalue weighted by Crippen LogP contribution is 2.22. The summed E-state index contributed by atoms with van der Waals surface area (Å²) in [6.45, 7) is 2.16. The number of hydrogen-bond acceptors (Lipinski definition) is 6. The molecular weight excluding hydrogens is 352 g/mol.